The highest BCUT2D eigenvalue weighted by atomic mass is 35.5. The Hall–Kier alpha value is -1.55. The predicted octanol–water partition coefficient (Wildman–Crippen LogP) is 4.22. The standard InChI is InChI=1S/C19H17Cl2NO2/c20-14-6-13(7-15(21)8-14)16-9-19(16)10-17(23)22(18(19)24)11-12-4-2-1-3-5-12/h1-8,16,18,24H,9-11H2/t16-,18+,19?/m0/s1. The third-order valence-corrected chi connectivity index (χ3v) is 5.65. The summed E-state index contributed by atoms with van der Waals surface area (Å²) in [6, 6.07) is 15.2. The van der Waals surface area contributed by atoms with Crippen LogP contribution in [0.5, 0.6) is 0 Å². The van der Waals surface area contributed by atoms with Crippen molar-refractivity contribution in [3.05, 3.63) is 69.7 Å². The molecule has 1 saturated carbocycles. The number of nitrogens with zero attached hydrogens (tertiary/aromatic N) is 1. The Morgan fingerprint density at radius 1 is 1.12 bits per heavy atom. The second-order valence-electron chi connectivity index (χ2n) is 6.75. The molecule has 3 nitrogen and oxygen atoms in total. The van der Waals surface area contributed by atoms with E-state index in [1.165, 1.54) is 0 Å². The highest BCUT2D eigenvalue weighted by Gasteiger charge is 2.66. The molecule has 2 aromatic carbocycles. The van der Waals surface area contributed by atoms with Crippen molar-refractivity contribution in [3.8, 4) is 0 Å². The van der Waals surface area contributed by atoms with Crippen molar-refractivity contribution in [3.63, 3.8) is 0 Å². The van der Waals surface area contributed by atoms with E-state index < -0.39 is 11.6 Å². The van der Waals surface area contributed by atoms with Crippen LogP contribution in [0.3, 0.4) is 0 Å². The zero-order chi connectivity index (χ0) is 16.9. The number of rotatable bonds is 3. The molecule has 2 aromatic rings. The van der Waals surface area contributed by atoms with Gasteiger partial charge in [-0.3, -0.25) is 4.79 Å². The van der Waals surface area contributed by atoms with Crippen LogP contribution in [0.15, 0.2) is 48.5 Å². The Balaban J connectivity index is 1.57. The molecule has 2 aliphatic rings. The molecule has 24 heavy (non-hydrogen) atoms. The predicted molar refractivity (Wildman–Crippen MR) is 93.9 cm³/mol. The third-order valence-electron chi connectivity index (χ3n) is 5.21. The molecule has 1 saturated heterocycles. The highest BCUT2D eigenvalue weighted by Crippen LogP contribution is 2.67. The van der Waals surface area contributed by atoms with Gasteiger partial charge in [0.2, 0.25) is 5.91 Å². The Morgan fingerprint density at radius 3 is 2.46 bits per heavy atom. The third kappa shape index (κ3) is 2.61. The molecule has 1 N–H and O–H groups in total. The number of aliphatic hydroxyl groups is 1. The lowest BCUT2D eigenvalue weighted by atomic mass is 9.96. The maximum Gasteiger partial charge on any atom is 0.225 e. The van der Waals surface area contributed by atoms with Gasteiger partial charge in [-0.2, -0.15) is 0 Å². The summed E-state index contributed by atoms with van der Waals surface area (Å²) in [4.78, 5) is 14.1. The Morgan fingerprint density at radius 2 is 1.79 bits per heavy atom. The molecule has 1 heterocycles. The lowest BCUT2D eigenvalue weighted by Crippen LogP contribution is -2.35. The van der Waals surface area contributed by atoms with Gasteiger partial charge >= 0.3 is 0 Å². The van der Waals surface area contributed by atoms with E-state index in [0.29, 0.717) is 23.0 Å². The largest absolute Gasteiger partial charge is 0.373 e. The monoisotopic (exact) mass is 361 g/mol. The van der Waals surface area contributed by atoms with Crippen LogP contribution in [0.2, 0.25) is 10.0 Å². The van der Waals surface area contributed by atoms with E-state index in [2.05, 4.69) is 0 Å². The van der Waals surface area contributed by atoms with Crippen LogP contribution >= 0.6 is 23.2 Å². The van der Waals surface area contributed by atoms with Gasteiger partial charge in [-0.05, 0) is 41.7 Å². The zero-order valence-electron chi connectivity index (χ0n) is 13.0. The molecule has 1 aliphatic carbocycles. The number of halogens is 2. The average Bonchev–Trinajstić information content (AvgIpc) is 3.22. The SMILES string of the molecule is O=C1CC2(C[C@H]2c2cc(Cl)cc(Cl)c2)[C@@H](O)N1Cc1ccccc1. The maximum absolute atomic E-state index is 12.5. The molecule has 1 spiro atoms. The second-order valence-corrected chi connectivity index (χ2v) is 7.62. The van der Waals surface area contributed by atoms with Crippen molar-refractivity contribution in [1.82, 2.24) is 4.90 Å². The average molecular weight is 362 g/mol. The molecule has 4 rings (SSSR count). The minimum absolute atomic E-state index is 0.00183. The van der Waals surface area contributed by atoms with Crippen molar-refractivity contribution >= 4 is 29.1 Å². The summed E-state index contributed by atoms with van der Waals surface area (Å²) >= 11 is 12.2. The topological polar surface area (TPSA) is 40.5 Å². The molecule has 5 heteroatoms. The molecule has 1 unspecified atom stereocenters. The summed E-state index contributed by atoms with van der Waals surface area (Å²) in [5, 5.41) is 12.0. The van der Waals surface area contributed by atoms with Gasteiger partial charge in [0.1, 0.15) is 6.23 Å². The molecule has 0 radical (unpaired) electrons. The van der Waals surface area contributed by atoms with Crippen LogP contribution in [0.1, 0.15) is 29.9 Å². The summed E-state index contributed by atoms with van der Waals surface area (Å²) < 4.78 is 0. The van der Waals surface area contributed by atoms with Crippen molar-refractivity contribution in [2.75, 3.05) is 0 Å². The van der Waals surface area contributed by atoms with Crippen LogP contribution < -0.4 is 0 Å². The van der Waals surface area contributed by atoms with Crippen molar-refractivity contribution in [2.45, 2.75) is 31.5 Å². The number of aliphatic hydroxyl groups excluding tert-OH is 1. The normalized spacial score (nSPS) is 28.6. The Kier molecular flexibility index (Phi) is 3.83. The van der Waals surface area contributed by atoms with E-state index >= 15 is 0 Å². The first-order chi connectivity index (χ1) is 11.5. The zero-order valence-corrected chi connectivity index (χ0v) is 14.5. The number of carbonyl (C=O) groups is 1. The smallest absolute Gasteiger partial charge is 0.225 e. The quantitative estimate of drug-likeness (QED) is 0.888. The van der Waals surface area contributed by atoms with Crippen LogP contribution in [-0.4, -0.2) is 22.1 Å². The first kappa shape index (κ1) is 15.9. The van der Waals surface area contributed by atoms with Gasteiger partial charge in [0.05, 0.1) is 0 Å². The fourth-order valence-corrected chi connectivity index (χ4v) is 4.45. The molecule has 2 fully saturated rings. The van der Waals surface area contributed by atoms with Gasteiger partial charge in [0.15, 0.2) is 0 Å². The van der Waals surface area contributed by atoms with Crippen molar-refractivity contribution in [1.29, 1.82) is 0 Å². The summed E-state index contributed by atoms with van der Waals surface area (Å²) in [7, 11) is 0. The molecular weight excluding hydrogens is 345 g/mol. The molecule has 1 aliphatic heterocycles. The first-order valence-corrected chi connectivity index (χ1v) is 8.73. The number of carbonyl (C=O) groups excluding carboxylic acids is 1. The number of benzene rings is 2. The molecule has 0 aromatic heterocycles. The Bertz CT molecular complexity index is 775. The fraction of sp³-hybridized carbons (Fsp3) is 0.316. The minimum Gasteiger partial charge on any atom is -0.373 e. The van der Waals surface area contributed by atoms with E-state index in [0.717, 1.165) is 17.5 Å². The molecule has 1 amide bonds. The summed E-state index contributed by atoms with van der Waals surface area (Å²) in [6.07, 6.45) is 0.380. The van der Waals surface area contributed by atoms with Crippen molar-refractivity contribution in [2.24, 2.45) is 5.41 Å². The van der Waals surface area contributed by atoms with Crippen molar-refractivity contribution < 1.29 is 9.90 Å². The van der Waals surface area contributed by atoms with Crippen LogP contribution in [0.25, 0.3) is 0 Å². The van der Waals surface area contributed by atoms with E-state index in [9.17, 15) is 9.90 Å². The minimum atomic E-state index is -0.770. The molecule has 124 valence electrons. The van der Waals surface area contributed by atoms with Gasteiger partial charge in [-0.25, -0.2) is 0 Å². The number of likely N-dealkylation sites (tertiary alicyclic amines) is 1. The summed E-state index contributed by atoms with van der Waals surface area (Å²) in [5.41, 5.74) is 1.62. The van der Waals surface area contributed by atoms with Crippen LogP contribution in [-0.2, 0) is 11.3 Å². The van der Waals surface area contributed by atoms with Gasteiger partial charge < -0.3 is 10.0 Å². The van der Waals surface area contributed by atoms with Gasteiger partial charge in [-0.15, -0.1) is 0 Å². The summed E-state index contributed by atoms with van der Waals surface area (Å²) in [6.45, 7) is 0.436. The van der Waals surface area contributed by atoms with Crippen LogP contribution in [0, 0.1) is 5.41 Å². The van der Waals surface area contributed by atoms with E-state index in [1.54, 1.807) is 11.0 Å². The summed E-state index contributed by atoms with van der Waals surface area (Å²) in [5.74, 6) is 0.121. The fourth-order valence-electron chi connectivity index (χ4n) is 3.90. The van der Waals surface area contributed by atoms with E-state index in [1.807, 2.05) is 42.5 Å². The number of amides is 1. The second kappa shape index (κ2) is 5.76. The maximum atomic E-state index is 12.5. The molecule has 0 bridgehead atoms. The van der Waals surface area contributed by atoms with Gasteiger partial charge in [-0.1, -0.05) is 53.5 Å². The van der Waals surface area contributed by atoms with Gasteiger partial charge in [0, 0.05) is 28.4 Å². The van der Waals surface area contributed by atoms with E-state index in [-0.39, 0.29) is 11.8 Å². The Labute approximate surface area is 150 Å². The molecular formula is C19H17Cl2NO2. The number of hydrogen-bond donors (Lipinski definition) is 1. The lowest BCUT2D eigenvalue weighted by Gasteiger charge is -2.24. The van der Waals surface area contributed by atoms with Crippen LogP contribution in [0.4, 0.5) is 0 Å². The van der Waals surface area contributed by atoms with E-state index in [4.69, 9.17) is 23.2 Å². The molecule has 3 atom stereocenters. The van der Waals surface area contributed by atoms with Gasteiger partial charge in [0.25, 0.3) is 0 Å². The number of hydrogen-bond acceptors (Lipinski definition) is 2. The lowest BCUT2D eigenvalue weighted by molar-refractivity contribution is -0.134. The first-order valence-electron chi connectivity index (χ1n) is 7.97. The highest BCUT2D eigenvalue weighted by molar-refractivity contribution is 6.34.